The van der Waals surface area contributed by atoms with E-state index in [9.17, 15) is 9.59 Å². The molecule has 0 aliphatic carbocycles. The van der Waals surface area contributed by atoms with Gasteiger partial charge in [-0.05, 0) is 43.2 Å². The summed E-state index contributed by atoms with van der Waals surface area (Å²) in [6.07, 6.45) is 0.879. The zero-order chi connectivity index (χ0) is 21.1. The zero-order valence-electron chi connectivity index (χ0n) is 17.4. The fraction of sp³-hybridized carbons (Fsp3) is 0.231. The van der Waals surface area contributed by atoms with Crippen LogP contribution in [0.4, 0.5) is 0 Å². The minimum atomic E-state index is 0.00738. The smallest absolute Gasteiger partial charge is 0.243 e. The first-order valence-corrected chi connectivity index (χ1v) is 10.4. The van der Waals surface area contributed by atoms with E-state index in [0.29, 0.717) is 17.3 Å². The van der Waals surface area contributed by atoms with Gasteiger partial charge in [0.1, 0.15) is 6.54 Å². The van der Waals surface area contributed by atoms with E-state index >= 15 is 0 Å². The highest BCUT2D eigenvalue weighted by Crippen LogP contribution is 2.20. The lowest BCUT2D eigenvalue weighted by Crippen LogP contribution is -2.40. The lowest BCUT2D eigenvalue weighted by molar-refractivity contribution is -0.134. The third-order valence-electron chi connectivity index (χ3n) is 5.81. The van der Waals surface area contributed by atoms with E-state index in [1.807, 2.05) is 88.3 Å². The van der Waals surface area contributed by atoms with Crippen LogP contribution in [0.25, 0.3) is 21.8 Å². The van der Waals surface area contributed by atoms with Gasteiger partial charge in [0.05, 0.1) is 11.0 Å². The van der Waals surface area contributed by atoms with E-state index in [1.165, 1.54) is 0 Å². The minimum absolute atomic E-state index is 0.00738. The van der Waals surface area contributed by atoms with Crippen molar-refractivity contribution in [2.45, 2.75) is 39.4 Å². The van der Waals surface area contributed by atoms with Gasteiger partial charge >= 0.3 is 0 Å². The molecule has 0 bridgehead atoms. The van der Waals surface area contributed by atoms with Crippen LogP contribution in [0.15, 0.2) is 83.7 Å². The number of hydrogen-bond donors (Lipinski definition) is 0. The maximum atomic E-state index is 13.5. The maximum Gasteiger partial charge on any atom is 0.243 e. The average molecular weight is 399 g/mol. The molecule has 4 heteroatoms. The Morgan fingerprint density at radius 2 is 1.40 bits per heavy atom. The fourth-order valence-corrected chi connectivity index (χ4v) is 3.96. The average Bonchev–Trinajstić information content (AvgIpc) is 2.80. The molecule has 0 saturated carbocycles. The second-order valence-corrected chi connectivity index (χ2v) is 7.71. The van der Waals surface area contributed by atoms with Gasteiger partial charge in [0.25, 0.3) is 0 Å². The molecule has 0 fully saturated rings. The fourth-order valence-electron chi connectivity index (χ4n) is 3.96. The molecule has 1 amide bonds. The highest BCUT2D eigenvalue weighted by molar-refractivity contribution is 5.94. The molecule has 0 radical (unpaired) electrons. The quantitative estimate of drug-likeness (QED) is 0.430. The van der Waals surface area contributed by atoms with Crippen molar-refractivity contribution in [2.24, 2.45) is 0 Å². The third kappa shape index (κ3) is 3.73. The molecule has 3 aromatic carbocycles. The number of benzene rings is 3. The summed E-state index contributed by atoms with van der Waals surface area (Å²) in [6.45, 7) is 4.95. The summed E-state index contributed by atoms with van der Waals surface area (Å²) >= 11 is 0. The largest absolute Gasteiger partial charge is 0.334 e. The summed E-state index contributed by atoms with van der Waals surface area (Å²) in [6, 6.07) is 25.3. The molecule has 1 unspecified atom stereocenters. The van der Waals surface area contributed by atoms with Crippen molar-refractivity contribution in [1.82, 2.24) is 9.47 Å². The molecule has 0 saturated heterocycles. The Balaban J connectivity index is 1.79. The summed E-state index contributed by atoms with van der Waals surface area (Å²) < 4.78 is 1.98. The first-order valence-electron chi connectivity index (χ1n) is 10.4. The predicted octanol–water partition coefficient (Wildman–Crippen LogP) is 4.98. The van der Waals surface area contributed by atoms with Crippen LogP contribution in [0.1, 0.15) is 25.8 Å². The van der Waals surface area contributed by atoms with Gasteiger partial charge in [0.15, 0.2) is 5.43 Å². The molecule has 4 rings (SSSR count). The highest BCUT2D eigenvalue weighted by atomic mass is 16.2. The van der Waals surface area contributed by atoms with Crippen LogP contribution in [0.5, 0.6) is 0 Å². The number of carbonyl (C=O) groups excluding carboxylic acids is 1. The summed E-state index contributed by atoms with van der Waals surface area (Å²) in [5.41, 5.74) is 2.70. The second kappa shape index (κ2) is 8.54. The van der Waals surface area contributed by atoms with Crippen molar-refractivity contribution in [3.63, 3.8) is 0 Å². The lowest BCUT2D eigenvalue weighted by Gasteiger charge is -2.30. The zero-order valence-corrected chi connectivity index (χ0v) is 17.4. The Labute approximate surface area is 176 Å². The van der Waals surface area contributed by atoms with E-state index in [-0.39, 0.29) is 23.9 Å². The van der Waals surface area contributed by atoms with E-state index in [1.54, 1.807) is 0 Å². The number of fused-ring (bicyclic) bond motifs is 2. The van der Waals surface area contributed by atoms with Crippen molar-refractivity contribution >= 4 is 27.7 Å². The molecular formula is C26H26N2O2. The number of aromatic nitrogens is 1. The molecule has 0 aliphatic rings. The summed E-state index contributed by atoms with van der Waals surface area (Å²) in [5.74, 6) is 0.0483. The van der Waals surface area contributed by atoms with Crippen molar-refractivity contribution in [3.05, 3.63) is 94.6 Å². The molecule has 1 heterocycles. The Morgan fingerprint density at radius 1 is 0.867 bits per heavy atom. The van der Waals surface area contributed by atoms with Crippen LogP contribution in [0.2, 0.25) is 0 Å². The van der Waals surface area contributed by atoms with Gasteiger partial charge in [-0.1, -0.05) is 61.5 Å². The van der Waals surface area contributed by atoms with Gasteiger partial charge in [-0.15, -0.1) is 0 Å². The van der Waals surface area contributed by atoms with E-state index in [2.05, 4.69) is 13.8 Å². The number of amides is 1. The van der Waals surface area contributed by atoms with E-state index in [0.717, 1.165) is 23.0 Å². The predicted molar refractivity (Wildman–Crippen MR) is 122 cm³/mol. The molecule has 1 aromatic heterocycles. The maximum absolute atomic E-state index is 13.5. The molecule has 30 heavy (non-hydrogen) atoms. The summed E-state index contributed by atoms with van der Waals surface area (Å²) in [4.78, 5) is 28.4. The van der Waals surface area contributed by atoms with E-state index < -0.39 is 0 Å². The van der Waals surface area contributed by atoms with Crippen molar-refractivity contribution in [3.8, 4) is 0 Å². The Hall–Kier alpha value is -3.40. The third-order valence-corrected chi connectivity index (χ3v) is 5.81. The van der Waals surface area contributed by atoms with Crippen molar-refractivity contribution in [2.75, 3.05) is 0 Å². The topological polar surface area (TPSA) is 42.3 Å². The molecular weight excluding hydrogens is 372 g/mol. The Kier molecular flexibility index (Phi) is 5.66. The molecule has 0 aliphatic heterocycles. The van der Waals surface area contributed by atoms with Crippen LogP contribution in [-0.4, -0.2) is 21.4 Å². The van der Waals surface area contributed by atoms with Gasteiger partial charge in [0.2, 0.25) is 5.91 Å². The van der Waals surface area contributed by atoms with Gasteiger partial charge in [0, 0.05) is 23.4 Å². The van der Waals surface area contributed by atoms with Crippen LogP contribution in [0, 0.1) is 0 Å². The molecule has 152 valence electrons. The molecule has 1 atom stereocenters. The minimum Gasteiger partial charge on any atom is -0.334 e. The van der Waals surface area contributed by atoms with Crippen LogP contribution < -0.4 is 5.43 Å². The molecule has 4 aromatic rings. The first kappa shape index (κ1) is 19.9. The monoisotopic (exact) mass is 398 g/mol. The molecule has 0 N–H and O–H groups in total. The van der Waals surface area contributed by atoms with Crippen molar-refractivity contribution < 1.29 is 4.79 Å². The Bertz CT molecular complexity index is 1180. The van der Waals surface area contributed by atoms with Crippen molar-refractivity contribution in [1.29, 1.82) is 0 Å². The second-order valence-electron chi connectivity index (χ2n) is 7.71. The van der Waals surface area contributed by atoms with E-state index in [4.69, 9.17) is 0 Å². The van der Waals surface area contributed by atoms with Crippen LogP contribution in [-0.2, 0) is 17.9 Å². The summed E-state index contributed by atoms with van der Waals surface area (Å²) in [5, 5.41) is 1.28. The number of carbonyl (C=O) groups is 1. The normalized spacial score (nSPS) is 12.2. The van der Waals surface area contributed by atoms with Crippen LogP contribution in [0.3, 0.4) is 0 Å². The van der Waals surface area contributed by atoms with Gasteiger partial charge < -0.3 is 9.47 Å². The first-order chi connectivity index (χ1) is 14.6. The van der Waals surface area contributed by atoms with Gasteiger partial charge in [-0.25, -0.2) is 0 Å². The Morgan fingerprint density at radius 3 is 1.97 bits per heavy atom. The van der Waals surface area contributed by atoms with Gasteiger partial charge in [-0.2, -0.15) is 0 Å². The number of rotatable bonds is 6. The van der Waals surface area contributed by atoms with Gasteiger partial charge in [-0.3, -0.25) is 9.59 Å². The van der Waals surface area contributed by atoms with Crippen LogP contribution >= 0.6 is 0 Å². The number of hydrogen-bond acceptors (Lipinski definition) is 2. The molecule has 4 nitrogen and oxygen atoms in total. The highest BCUT2D eigenvalue weighted by Gasteiger charge is 2.21. The standard InChI is InChI=1S/C26H26N2O2/c1-3-19(2)27(17-20-11-5-4-6-12-20)25(29)18-28-23-15-9-7-13-21(23)26(30)22-14-8-10-16-24(22)28/h4-16,19H,3,17-18H2,1-2H3. The number of nitrogens with zero attached hydrogens (tertiary/aromatic N) is 2. The summed E-state index contributed by atoms with van der Waals surface area (Å²) in [7, 11) is 0. The number of pyridine rings is 1. The molecule has 0 spiro atoms. The lowest BCUT2D eigenvalue weighted by atomic mass is 10.1. The SMILES string of the molecule is CCC(C)N(Cc1ccccc1)C(=O)Cn1c2ccccc2c(=O)c2ccccc21. The number of para-hydroxylation sites is 2.